The predicted molar refractivity (Wildman–Crippen MR) is 55.9 cm³/mol. The van der Waals surface area contributed by atoms with Gasteiger partial charge in [-0.25, -0.2) is 0 Å². The van der Waals surface area contributed by atoms with E-state index in [1.54, 1.807) is 7.11 Å². The highest BCUT2D eigenvalue weighted by atomic mass is 16.5. The van der Waals surface area contributed by atoms with Crippen LogP contribution in [0.4, 0.5) is 0 Å². The molecule has 0 fully saturated rings. The maximum Gasteiger partial charge on any atom is 0.123 e. The summed E-state index contributed by atoms with van der Waals surface area (Å²) in [5, 5.41) is 10.3. The molecule has 3 nitrogen and oxygen atoms in total. The Kier molecular flexibility index (Phi) is 2.49. The van der Waals surface area contributed by atoms with Crippen molar-refractivity contribution in [2.45, 2.75) is 24.9 Å². The number of ether oxygens (including phenoxy) is 1. The summed E-state index contributed by atoms with van der Waals surface area (Å²) in [4.78, 5) is 10.5. The Morgan fingerprint density at radius 2 is 2.40 bits per heavy atom. The highest BCUT2D eigenvalue weighted by Gasteiger charge is 2.36. The van der Waals surface area contributed by atoms with Crippen molar-refractivity contribution in [3.63, 3.8) is 0 Å². The lowest BCUT2D eigenvalue weighted by Crippen LogP contribution is -2.22. The molecule has 1 atom stereocenters. The van der Waals surface area contributed by atoms with Crippen LogP contribution in [-0.4, -0.2) is 18.5 Å². The first kappa shape index (κ1) is 10.2. The molecule has 1 aliphatic rings. The van der Waals surface area contributed by atoms with E-state index < -0.39 is 5.60 Å². The van der Waals surface area contributed by atoms with Crippen molar-refractivity contribution >= 4 is 6.29 Å². The molecule has 0 amide bonds. The zero-order valence-corrected chi connectivity index (χ0v) is 8.69. The second kappa shape index (κ2) is 3.66. The van der Waals surface area contributed by atoms with E-state index in [0.717, 1.165) is 29.6 Å². The molecule has 0 saturated heterocycles. The first-order chi connectivity index (χ1) is 7.19. The van der Waals surface area contributed by atoms with Crippen molar-refractivity contribution in [2.75, 3.05) is 7.11 Å². The number of methoxy groups -OCH3 is 1. The molecule has 0 heterocycles. The van der Waals surface area contributed by atoms with Gasteiger partial charge in [0.2, 0.25) is 0 Å². The van der Waals surface area contributed by atoms with Crippen LogP contribution in [-0.2, 0) is 16.8 Å². The second-order valence-electron chi connectivity index (χ2n) is 3.93. The Hall–Kier alpha value is -1.35. The molecule has 80 valence electrons. The minimum Gasteiger partial charge on any atom is -0.497 e. The fourth-order valence-electron chi connectivity index (χ4n) is 2.16. The Balaban J connectivity index is 2.43. The van der Waals surface area contributed by atoms with Gasteiger partial charge in [-0.15, -0.1) is 0 Å². The number of hydrogen-bond acceptors (Lipinski definition) is 3. The second-order valence-corrected chi connectivity index (χ2v) is 3.93. The van der Waals surface area contributed by atoms with E-state index in [-0.39, 0.29) is 6.42 Å². The number of carbonyl (C=O) groups is 1. The lowest BCUT2D eigenvalue weighted by Gasteiger charge is -2.21. The van der Waals surface area contributed by atoms with E-state index in [2.05, 4.69) is 0 Å². The Morgan fingerprint density at radius 3 is 3.07 bits per heavy atom. The zero-order valence-electron chi connectivity index (χ0n) is 8.69. The summed E-state index contributed by atoms with van der Waals surface area (Å²) in [5.74, 6) is 0.722. The fourth-order valence-corrected chi connectivity index (χ4v) is 2.16. The van der Waals surface area contributed by atoms with Crippen LogP contribution in [0.2, 0.25) is 0 Å². The van der Waals surface area contributed by atoms with E-state index in [4.69, 9.17) is 4.74 Å². The van der Waals surface area contributed by atoms with Crippen LogP contribution < -0.4 is 4.74 Å². The van der Waals surface area contributed by atoms with Gasteiger partial charge in [0.15, 0.2) is 0 Å². The van der Waals surface area contributed by atoms with Crippen LogP contribution in [0, 0.1) is 0 Å². The smallest absolute Gasteiger partial charge is 0.123 e. The molecule has 0 saturated carbocycles. The lowest BCUT2D eigenvalue weighted by atomic mass is 9.93. The predicted octanol–water partition coefficient (Wildman–Crippen LogP) is 1.42. The molecule has 0 aromatic heterocycles. The molecule has 1 aromatic rings. The molecule has 1 unspecified atom stereocenters. The van der Waals surface area contributed by atoms with Crippen molar-refractivity contribution in [1.82, 2.24) is 0 Å². The third kappa shape index (κ3) is 1.63. The molecule has 3 heteroatoms. The van der Waals surface area contributed by atoms with Gasteiger partial charge in [-0.3, -0.25) is 0 Å². The van der Waals surface area contributed by atoms with E-state index >= 15 is 0 Å². The van der Waals surface area contributed by atoms with Gasteiger partial charge in [-0.05, 0) is 36.1 Å². The lowest BCUT2D eigenvalue weighted by molar-refractivity contribution is -0.112. The first-order valence-corrected chi connectivity index (χ1v) is 5.03. The van der Waals surface area contributed by atoms with Crippen molar-refractivity contribution in [2.24, 2.45) is 0 Å². The van der Waals surface area contributed by atoms with Crippen molar-refractivity contribution in [1.29, 1.82) is 0 Å². The molecule has 1 aromatic carbocycles. The Labute approximate surface area is 88.7 Å². The monoisotopic (exact) mass is 206 g/mol. The summed E-state index contributed by atoms with van der Waals surface area (Å²) in [6.45, 7) is 0. The molecular formula is C12H14O3. The maximum atomic E-state index is 10.5. The number of carbonyl (C=O) groups excluding carboxylic acids is 1. The molecule has 0 aliphatic heterocycles. The van der Waals surface area contributed by atoms with Crippen molar-refractivity contribution < 1.29 is 14.6 Å². The molecule has 1 N–H and O–H groups in total. The van der Waals surface area contributed by atoms with Gasteiger partial charge in [-0.2, -0.15) is 0 Å². The summed E-state index contributed by atoms with van der Waals surface area (Å²) in [7, 11) is 1.59. The molecule has 0 spiro atoms. The van der Waals surface area contributed by atoms with Crippen LogP contribution >= 0.6 is 0 Å². The van der Waals surface area contributed by atoms with Gasteiger partial charge in [0, 0.05) is 6.42 Å². The largest absolute Gasteiger partial charge is 0.497 e. The number of aldehydes is 1. The fraction of sp³-hybridized carbons (Fsp3) is 0.417. The Bertz CT molecular complexity index is 386. The number of fused-ring (bicyclic) bond motifs is 1. The van der Waals surface area contributed by atoms with E-state index in [9.17, 15) is 9.90 Å². The van der Waals surface area contributed by atoms with Gasteiger partial charge in [-0.1, -0.05) is 6.07 Å². The third-order valence-corrected chi connectivity index (χ3v) is 3.05. The van der Waals surface area contributed by atoms with E-state index in [1.807, 2.05) is 18.2 Å². The average Bonchev–Trinajstić information content (AvgIpc) is 2.57. The number of rotatable bonds is 3. The minimum atomic E-state index is -0.981. The van der Waals surface area contributed by atoms with Crippen LogP contribution in [0.5, 0.6) is 5.75 Å². The van der Waals surface area contributed by atoms with Crippen LogP contribution in [0.1, 0.15) is 24.0 Å². The summed E-state index contributed by atoms with van der Waals surface area (Å²) >= 11 is 0. The number of benzene rings is 1. The van der Waals surface area contributed by atoms with Crippen LogP contribution in [0.25, 0.3) is 0 Å². The van der Waals surface area contributed by atoms with Gasteiger partial charge in [0.25, 0.3) is 0 Å². The zero-order chi connectivity index (χ0) is 10.9. The molecule has 15 heavy (non-hydrogen) atoms. The topological polar surface area (TPSA) is 46.5 Å². The average molecular weight is 206 g/mol. The molecule has 0 bridgehead atoms. The van der Waals surface area contributed by atoms with Crippen molar-refractivity contribution in [3.05, 3.63) is 29.3 Å². The number of aliphatic hydroxyl groups is 1. The van der Waals surface area contributed by atoms with Crippen LogP contribution in [0.15, 0.2) is 18.2 Å². The number of hydrogen-bond donors (Lipinski definition) is 1. The number of aryl methyl sites for hydroxylation is 1. The quantitative estimate of drug-likeness (QED) is 0.761. The molecule has 1 aliphatic carbocycles. The molecular weight excluding hydrogens is 192 g/mol. The summed E-state index contributed by atoms with van der Waals surface area (Å²) < 4.78 is 5.11. The SMILES string of the molecule is COc1ccc2c(c1)C(O)(CC=O)CC2. The van der Waals surface area contributed by atoms with Gasteiger partial charge in [0.05, 0.1) is 12.7 Å². The maximum absolute atomic E-state index is 10.5. The summed E-state index contributed by atoms with van der Waals surface area (Å²) in [5.41, 5.74) is 0.972. The van der Waals surface area contributed by atoms with E-state index in [0.29, 0.717) is 6.42 Å². The Morgan fingerprint density at radius 1 is 1.60 bits per heavy atom. The molecule has 2 rings (SSSR count). The molecule has 0 radical (unpaired) electrons. The van der Waals surface area contributed by atoms with Gasteiger partial charge < -0.3 is 14.6 Å². The highest BCUT2D eigenvalue weighted by molar-refractivity contribution is 5.55. The highest BCUT2D eigenvalue weighted by Crippen LogP contribution is 2.40. The van der Waals surface area contributed by atoms with Crippen LogP contribution in [0.3, 0.4) is 0 Å². The van der Waals surface area contributed by atoms with Crippen molar-refractivity contribution in [3.8, 4) is 5.75 Å². The summed E-state index contributed by atoms with van der Waals surface area (Å²) in [6, 6.07) is 5.66. The summed E-state index contributed by atoms with van der Waals surface area (Å²) in [6.07, 6.45) is 2.37. The normalized spacial score (nSPS) is 23.6. The van der Waals surface area contributed by atoms with Gasteiger partial charge in [0.1, 0.15) is 12.0 Å². The third-order valence-electron chi connectivity index (χ3n) is 3.05. The van der Waals surface area contributed by atoms with E-state index in [1.165, 1.54) is 0 Å². The first-order valence-electron chi connectivity index (χ1n) is 5.03. The van der Waals surface area contributed by atoms with Gasteiger partial charge >= 0.3 is 0 Å². The standard InChI is InChI=1S/C12H14O3/c1-15-10-3-2-9-4-5-12(14,6-7-13)11(9)8-10/h2-3,7-8,14H,4-6H2,1H3. The minimum absolute atomic E-state index is 0.160.